The summed E-state index contributed by atoms with van der Waals surface area (Å²) in [6, 6.07) is 25.7. The Kier molecular flexibility index (Phi) is 10.7. The van der Waals surface area contributed by atoms with Gasteiger partial charge in [-0.3, -0.25) is 0 Å². The average molecular weight is 564 g/mol. The molecule has 0 amide bonds. The molecule has 4 atom stereocenters. The van der Waals surface area contributed by atoms with Crippen LogP contribution >= 0.6 is 11.8 Å². The second-order valence-corrected chi connectivity index (χ2v) is 10.7. The molecule has 1 aliphatic rings. The molecule has 0 bridgehead atoms. The van der Waals surface area contributed by atoms with Crippen molar-refractivity contribution in [2.45, 2.75) is 30.2 Å². The first-order valence-corrected chi connectivity index (χ1v) is 14.1. The van der Waals surface area contributed by atoms with Gasteiger partial charge in [0.05, 0.1) is 16.7 Å². The lowest BCUT2D eigenvalue weighted by Crippen LogP contribution is -2.41. The summed E-state index contributed by atoms with van der Waals surface area (Å²) >= 11 is 1.47. The summed E-state index contributed by atoms with van der Waals surface area (Å²) in [5, 5.41) is 0. The third kappa shape index (κ3) is 8.17. The fourth-order valence-corrected chi connectivity index (χ4v) is 5.30. The molecule has 1 fully saturated rings. The summed E-state index contributed by atoms with van der Waals surface area (Å²) in [6.45, 7) is 0.688. The fraction of sp³-hybridized carbons (Fsp3) is 0.323. The number of rotatable bonds is 12. The van der Waals surface area contributed by atoms with E-state index < -0.39 is 41.7 Å². The first-order chi connectivity index (χ1) is 19.4. The molecule has 0 aliphatic carbocycles. The highest BCUT2D eigenvalue weighted by Gasteiger charge is 2.50. The average Bonchev–Trinajstić information content (AvgIpc) is 3.30. The normalized spacial score (nSPS) is 20.2. The second-order valence-electron chi connectivity index (χ2n) is 9.51. The maximum Gasteiger partial charge on any atom is 0.338 e. The molecule has 0 radical (unpaired) electrons. The maximum atomic E-state index is 13.1. The Labute approximate surface area is 238 Å². The van der Waals surface area contributed by atoms with Crippen LogP contribution in [0.25, 0.3) is 0 Å². The molecule has 4 rings (SSSR count). The summed E-state index contributed by atoms with van der Waals surface area (Å²) < 4.78 is 23.7. The van der Waals surface area contributed by atoms with Crippen molar-refractivity contribution >= 4 is 29.7 Å². The van der Waals surface area contributed by atoms with E-state index in [1.54, 1.807) is 91.0 Å². The number of carbonyl (C=O) groups is 3. The van der Waals surface area contributed by atoms with Crippen LogP contribution in [0.3, 0.4) is 0 Å². The molecule has 40 heavy (non-hydrogen) atoms. The lowest BCUT2D eigenvalue weighted by atomic mass is 10.1. The van der Waals surface area contributed by atoms with Crippen LogP contribution in [0.4, 0.5) is 0 Å². The molecule has 1 aliphatic heterocycles. The third-order valence-electron chi connectivity index (χ3n) is 6.19. The van der Waals surface area contributed by atoms with Crippen LogP contribution in [0.1, 0.15) is 37.5 Å². The van der Waals surface area contributed by atoms with Crippen LogP contribution in [0.5, 0.6) is 0 Å². The SMILES string of the molecule is CN(C)CCCSC1O[C@H](COC(=O)c2ccccc2)[C@@H](OC(=O)c2ccccc2)[C@H]1OC(=O)c1ccccc1. The molecule has 3 aromatic carbocycles. The Balaban J connectivity index is 1.56. The molecule has 1 heterocycles. The van der Waals surface area contributed by atoms with E-state index in [2.05, 4.69) is 4.90 Å². The molecular formula is C31H33NO7S. The third-order valence-corrected chi connectivity index (χ3v) is 7.42. The first kappa shape index (κ1) is 29.3. The summed E-state index contributed by atoms with van der Waals surface area (Å²) in [7, 11) is 3.99. The highest BCUT2D eigenvalue weighted by atomic mass is 32.2. The Hall–Kier alpha value is -3.66. The molecular weight excluding hydrogens is 530 g/mol. The molecule has 9 heteroatoms. The predicted octanol–water partition coefficient (Wildman–Crippen LogP) is 4.70. The molecule has 210 valence electrons. The minimum atomic E-state index is -1.00. The zero-order valence-electron chi connectivity index (χ0n) is 22.5. The Morgan fingerprint density at radius 3 is 1.70 bits per heavy atom. The quantitative estimate of drug-likeness (QED) is 0.177. The van der Waals surface area contributed by atoms with E-state index in [0.717, 1.165) is 18.7 Å². The van der Waals surface area contributed by atoms with Gasteiger partial charge in [0, 0.05) is 0 Å². The maximum absolute atomic E-state index is 13.1. The molecule has 8 nitrogen and oxygen atoms in total. The number of nitrogens with zero attached hydrogens (tertiary/aromatic N) is 1. The van der Waals surface area contributed by atoms with Gasteiger partial charge in [0.15, 0.2) is 12.2 Å². The van der Waals surface area contributed by atoms with Crippen molar-refractivity contribution < 1.29 is 33.3 Å². The molecule has 3 aromatic rings. The van der Waals surface area contributed by atoms with Gasteiger partial charge in [0.2, 0.25) is 0 Å². The van der Waals surface area contributed by atoms with Crippen molar-refractivity contribution in [2.24, 2.45) is 0 Å². The van der Waals surface area contributed by atoms with Gasteiger partial charge in [-0.15, -0.1) is 11.8 Å². The van der Waals surface area contributed by atoms with Crippen LogP contribution in [-0.4, -0.2) is 79.6 Å². The minimum absolute atomic E-state index is 0.186. The summed E-state index contributed by atoms with van der Waals surface area (Å²) in [5.41, 5.74) is 0.465. The van der Waals surface area contributed by atoms with Gasteiger partial charge in [-0.2, -0.15) is 0 Å². The Morgan fingerprint density at radius 2 is 1.20 bits per heavy atom. The number of ether oxygens (including phenoxy) is 4. The van der Waals surface area contributed by atoms with Gasteiger partial charge in [0.25, 0.3) is 0 Å². The minimum Gasteiger partial charge on any atom is -0.459 e. The van der Waals surface area contributed by atoms with Crippen molar-refractivity contribution in [3.05, 3.63) is 108 Å². The van der Waals surface area contributed by atoms with Crippen LogP contribution < -0.4 is 0 Å². The standard InChI is InChI=1S/C31H33NO7S/c1-32(2)19-12-20-40-31-27(39-30(35)24-17-10-5-11-18-24)26(38-29(34)23-15-8-4-9-16-23)25(37-31)21-36-28(33)22-13-6-3-7-14-22/h3-11,13-18,25-27,31H,12,19-21H2,1-2H3/t25-,26-,27-,31?/m1/s1. The largest absolute Gasteiger partial charge is 0.459 e. The Bertz CT molecular complexity index is 1240. The van der Waals surface area contributed by atoms with Gasteiger partial charge in [-0.1, -0.05) is 54.6 Å². The number of hydrogen-bond donors (Lipinski definition) is 0. The molecule has 0 spiro atoms. The zero-order chi connectivity index (χ0) is 28.3. The predicted molar refractivity (Wildman–Crippen MR) is 152 cm³/mol. The van der Waals surface area contributed by atoms with E-state index in [1.807, 2.05) is 14.1 Å². The molecule has 0 N–H and O–H groups in total. The smallest absolute Gasteiger partial charge is 0.338 e. The highest BCUT2D eigenvalue weighted by molar-refractivity contribution is 7.99. The monoisotopic (exact) mass is 563 g/mol. The van der Waals surface area contributed by atoms with Crippen LogP contribution in [0.15, 0.2) is 91.0 Å². The molecule has 0 saturated carbocycles. The van der Waals surface area contributed by atoms with Crippen molar-refractivity contribution in [3.8, 4) is 0 Å². The number of esters is 3. The number of thioether (sulfide) groups is 1. The summed E-state index contributed by atoms with van der Waals surface area (Å²) in [5.74, 6) is -0.960. The second kappa shape index (κ2) is 14.6. The lowest BCUT2D eigenvalue weighted by molar-refractivity contribution is -0.0435. The van der Waals surface area contributed by atoms with E-state index in [9.17, 15) is 14.4 Å². The van der Waals surface area contributed by atoms with Gasteiger partial charge < -0.3 is 23.8 Å². The van der Waals surface area contributed by atoms with Crippen LogP contribution in [0.2, 0.25) is 0 Å². The summed E-state index contributed by atoms with van der Waals surface area (Å²) in [6.07, 6.45) is -1.90. The fourth-order valence-electron chi connectivity index (χ4n) is 4.15. The van der Waals surface area contributed by atoms with Crippen LogP contribution in [-0.2, 0) is 18.9 Å². The van der Waals surface area contributed by atoms with Crippen molar-refractivity contribution in [2.75, 3.05) is 33.0 Å². The lowest BCUT2D eigenvalue weighted by Gasteiger charge is -2.24. The Morgan fingerprint density at radius 1 is 0.725 bits per heavy atom. The van der Waals surface area contributed by atoms with E-state index >= 15 is 0 Å². The first-order valence-electron chi connectivity index (χ1n) is 13.1. The van der Waals surface area contributed by atoms with E-state index in [-0.39, 0.29) is 6.61 Å². The van der Waals surface area contributed by atoms with Gasteiger partial charge in [0.1, 0.15) is 18.1 Å². The van der Waals surface area contributed by atoms with Gasteiger partial charge in [-0.25, -0.2) is 14.4 Å². The molecule has 1 saturated heterocycles. The topological polar surface area (TPSA) is 91.4 Å². The van der Waals surface area contributed by atoms with Crippen molar-refractivity contribution in [1.82, 2.24) is 4.90 Å². The number of benzene rings is 3. The van der Waals surface area contributed by atoms with Crippen molar-refractivity contribution in [1.29, 1.82) is 0 Å². The molecule has 0 aromatic heterocycles. The highest BCUT2D eigenvalue weighted by Crippen LogP contribution is 2.35. The number of carbonyl (C=O) groups excluding carboxylic acids is 3. The van der Waals surface area contributed by atoms with Crippen LogP contribution in [0, 0.1) is 0 Å². The zero-order valence-corrected chi connectivity index (χ0v) is 23.3. The van der Waals surface area contributed by atoms with Crippen molar-refractivity contribution in [3.63, 3.8) is 0 Å². The van der Waals surface area contributed by atoms with E-state index in [4.69, 9.17) is 18.9 Å². The van der Waals surface area contributed by atoms with E-state index in [1.165, 1.54) is 11.8 Å². The van der Waals surface area contributed by atoms with Gasteiger partial charge in [-0.05, 0) is 69.2 Å². The van der Waals surface area contributed by atoms with Gasteiger partial charge >= 0.3 is 17.9 Å². The summed E-state index contributed by atoms with van der Waals surface area (Å²) in [4.78, 5) is 41.0. The number of hydrogen-bond acceptors (Lipinski definition) is 9. The van der Waals surface area contributed by atoms with E-state index in [0.29, 0.717) is 16.7 Å². The molecule has 1 unspecified atom stereocenters.